The third-order valence-electron chi connectivity index (χ3n) is 6.80. The Bertz CT molecular complexity index is 1660. The number of benzene rings is 1. The molecule has 2 unspecified atom stereocenters. The van der Waals surface area contributed by atoms with E-state index in [2.05, 4.69) is 19.9 Å². The number of alkyl halides is 1. The van der Waals surface area contributed by atoms with Crippen LogP contribution in [0, 0.1) is 0 Å². The standard InChI is InChI=1S/C25H25FN6O4S/c1-15(33)24-29-21-22(32(24)20-8-10-31(13-19(20)26)12-16-11-27-14-36-16)18-7-9-28-23(18)30-25(21)37(34,35)17-5-3-2-4-6-17/h2-7,9,11,14-15,19-20,33H,8,10,12-13H2,1H3,(H,28,30)/t15-,19?,20?/m1/s1. The van der Waals surface area contributed by atoms with Gasteiger partial charge in [-0.1, -0.05) is 18.2 Å². The van der Waals surface area contributed by atoms with Gasteiger partial charge in [0.2, 0.25) is 9.84 Å². The lowest BCUT2D eigenvalue weighted by Gasteiger charge is -2.36. The highest BCUT2D eigenvalue weighted by molar-refractivity contribution is 7.91. The maximum Gasteiger partial charge on any atom is 0.226 e. The maximum absolute atomic E-state index is 15.8. The summed E-state index contributed by atoms with van der Waals surface area (Å²) >= 11 is 0. The van der Waals surface area contributed by atoms with E-state index < -0.39 is 28.2 Å². The molecular formula is C25H25FN6O4S. The first kappa shape index (κ1) is 23.8. The van der Waals surface area contributed by atoms with Gasteiger partial charge in [-0.15, -0.1) is 0 Å². The van der Waals surface area contributed by atoms with Crippen LogP contribution in [-0.4, -0.2) is 62.2 Å². The van der Waals surface area contributed by atoms with Gasteiger partial charge in [0.25, 0.3) is 0 Å². The van der Waals surface area contributed by atoms with Gasteiger partial charge in [-0.3, -0.25) is 4.90 Å². The van der Waals surface area contributed by atoms with Crippen LogP contribution in [0.3, 0.4) is 0 Å². The Morgan fingerprint density at radius 2 is 2.05 bits per heavy atom. The van der Waals surface area contributed by atoms with Crippen LogP contribution in [0.1, 0.15) is 37.1 Å². The minimum absolute atomic E-state index is 0.0759. The van der Waals surface area contributed by atoms with Crippen LogP contribution in [0.4, 0.5) is 4.39 Å². The van der Waals surface area contributed by atoms with Crippen molar-refractivity contribution in [2.75, 3.05) is 13.1 Å². The third-order valence-corrected chi connectivity index (χ3v) is 8.49. The summed E-state index contributed by atoms with van der Waals surface area (Å²) in [6, 6.07) is 9.10. The largest absolute Gasteiger partial charge is 0.447 e. The number of oxazole rings is 1. The number of imidazole rings is 1. The molecule has 5 heterocycles. The highest BCUT2D eigenvalue weighted by Gasteiger charge is 2.36. The Morgan fingerprint density at radius 1 is 1.24 bits per heavy atom. The molecule has 12 heteroatoms. The van der Waals surface area contributed by atoms with Crippen LogP contribution in [0.2, 0.25) is 0 Å². The number of piperidine rings is 1. The summed E-state index contributed by atoms with van der Waals surface area (Å²) < 4.78 is 50.1. The van der Waals surface area contributed by atoms with Gasteiger partial charge in [-0.25, -0.2) is 27.8 Å². The average Bonchev–Trinajstić information content (AvgIpc) is 3.64. The van der Waals surface area contributed by atoms with Gasteiger partial charge in [-0.2, -0.15) is 0 Å². The molecule has 1 fully saturated rings. The molecule has 1 saturated heterocycles. The molecule has 10 nitrogen and oxygen atoms in total. The predicted molar refractivity (Wildman–Crippen MR) is 132 cm³/mol. The van der Waals surface area contributed by atoms with E-state index in [1.165, 1.54) is 25.5 Å². The van der Waals surface area contributed by atoms with Crippen molar-refractivity contribution in [1.82, 2.24) is 29.4 Å². The van der Waals surface area contributed by atoms with Gasteiger partial charge in [0.1, 0.15) is 35.0 Å². The van der Waals surface area contributed by atoms with E-state index in [0.717, 1.165) is 0 Å². The lowest BCUT2D eigenvalue weighted by Crippen LogP contribution is -2.42. The molecule has 192 valence electrons. The molecule has 6 rings (SSSR count). The van der Waals surface area contributed by atoms with Gasteiger partial charge >= 0.3 is 0 Å². The number of nitrogens with one attached hydrogen (secondary N) is 1. The molecular weight excluding hydrogens is 499 g/mol. The molecule has 0 saturated carbocycles. The Labute approximate surface area is 211 Å². The number of hydrogen-bond acceptors (Lipinski definition) is 8. The molecule has 3 atom stereocenters. The van der Waals surface area contributed by atoms with Crippen molar-refractivity contribution in [3.8, 4) is 0 Å². The van der Waals surface area contributed by atoms with Crippen molar-refractivity contribution >= 4 is 31.9 Å². The number of likely N-dealkylation sites (tertiary alicyclic amines) is 1. The average molecular weight is 525 g/mol. The second kappa shape index (κ2) is 9.05. The number of pyridine rings is 1. The molecule has 0 radical (unpaired) electrons. The van der Waals surface area contributed by atoms with E-state index in [9.17, 15) is 13.5 Å². The van der Waals surface area contributed by atoms with E-state index in [4.69, 9.17) is 4.42 Å². The Kier molecular flexibility index (Phi) is 5.81. The van der Waals surface area contributed by atoms with Gasteiger partial charge in [0.15, 0.2) is 11.4 Å². The zero-order valence-electron chi connectivity index (χ0n) is 20.0. The van der Waals surface area contributed by atoms with Gasteiger partial charge in [0, 0.05) is 24.7 Å². The summed E-state index contributed by atoms with van der Waals surface area (Å²) in [4.78, 5) is 17.9. The molecule has 0 aliphatic carbocycles. The SMILES string of the molecule is C[C@@H](O)c1nc2c(S(=O)(=O)c3ccccc3)nc3[nH]ccc3c2n1C1CCN(Cc2cnco2)CC1F. The molecule has 1 aliphatic heterocycles. The first-order valence-corrected chi connectivity index (χ1v) is 13.4. The lowest BCUT2D eigenvalue weighted by atomic mass is 10.0. The van der Waals surface area contributed by atoms with Gasteiger partial charge < -0.3 is 19.1 Å². The number of sulfone groups is 1. The molecule has 5 aromatic rings. The van der Waals surface area contributed by atoms with Crippen LogP contribution >= 0.6 is 0 Å². The number of H-pyrrole nitrogens is 1. The fourth-order valence-electron chi connectivity index (χ4n) is 5.11. The Morgan fingerprint density at radius 3 is 2.76 bits per heavy atom. The first-order valence-electron chi connectivity index (χ1n) is 12.0. The van der Waals surface area contributed by atoms with E-state index >= 15 is 4.39 Å². The van der Waals surface area contributed by atoms with Crippen molar-refractivity contribution < 1.29 is 22.3 Å². The van der Waals surface area contributed by atoms with Gasteiger partial charge in [-0.05, 0) is 31.5 Å². The fraction of sp³-hybridized carbons (Fsp3) is 0.320. The monoisotopic (exact) mass is 524 g/mol. The fourth-order valence-corrected chi connectivity index (χ4v) is 6.46. The van der Waals surface area contributed by atoms with Crippen LogP contribution in [-0.2, 0) is 16.4 Å². The number of aromatic amines is 1. The van der Waals surface area contributed by atoms with E-state index in [1.807, 2.05) is 4.90 Å². The number of hydrogen-bond donors (Lipinski definition) is 2. The maximum atomic E-state index is 15.8. The van der Waals surface area contributed by atoms with Crippen LogP contribution in [0.15, 0.2) is 69.5 Å². The molecule has 2 N–H and O–H groups in total. The smallest absolute Gasteiger partial charge is 0.226 e. The lowest BCUT2D eigenvalue weighted by molar-refractivity contribution is 0.0761. The van der Waals surface area contributed by atoms with E-state index in [-0.39, 0.29) is 27.8 Å². The number of aliphatic hydroxyl groups excluding tert-OH is 1. The Hall–Kier alpha value is -3.61. The molecule has 1 aliphatic rings. The topological polar surface area (TPSA) is 130 Å². The van der Waals surface area contributed by atoms with Crippen molar-refractivity contribution in [2.45, 2.75) is 48.1 Å². The quantitative estimate of drug-likeness (QED) is 0.345. The molecule has 37 heavy (non-hydrogen) atoms. The normalized spacial score (nSPS) is 20.1. The Balaban J connectivity index is 1.51. The summed E-state index contributed by atoms with van der Waals surface area (Å²) in [7, 11) is -4.05. The number of nitrogens with zero attached hydrogens (tertiary/aromatic N) is 5. The number of aliphatic hydroxyl groups is 1. The van der Waals surface area contributed by atoms with Crippen LogP contribution in [0.25, 0.3) is 22.1 Å². The summed E-state index contributed by atoms with van der Waals surface area (Å²) in [6.07, 6.45) is 2.67. The molecule has 0 amide bonds. The summed E-state index contributed by atoms with van der Waals surface area (Å²) in [5.41, 5.74) is 0.898. The molecule has 0 bridgehead atoms. The van der Waals surface area contributed by atoms with Crippen molar-refractivity contribution in [3.05, 3.63) is 66.8 Å². The zero-order chi connectivity index (χ0) is 25.7. The number of aromatic nitrogens is 5. The highest BCUT2D eigenvalue weighted by atomic mass is 32.2. The van der Waals surface area contributed by atoms with Crippen molar-refractivity contribution in [2.24, 2.45) is 0 Å². The minimum Gasteiger partial charge on any atom is -0.447 e. The number of halogens is 1. The zero-order valence-corrected chi connectivity index (χ0v) is 20.8. The second-order valence-corrected chi connectivity index (χ2v) is 11.1. The van der Waals surface area contributed by atoms with Crippen molar-refractivity contribution in [1.29, 1.82) is 0 Å². The number of fused-ring (bicyclic) bond motifs is 3. The van der Waals surface area contributed by atoms with E-state index in [0.29, 0.717) is 41.8 Å². The first-order chi connectivity index (χ1) is 17.8. The van der Waals surface area contributed by atoms with Crippen molar-refractivity contribution in [3.63, 3.8) is 0 Å². The molecule has 0 spiro atoms. The second-order valence-electron chi connectivity index (χ2n) is 9.26. The highest BCUT2D eigenvalue weighted by Crippen LogP contribution is 2.38. The molecule has 4 aromatic heterocycles. The molecule has 1 aromatic carbocycles. The minimum atomic E-state index is -4.05. The number of rotatable bonds is 6. The van der Waals surface area contributed by atoms with Gasteiger partial charge in [0.05, 0.1) is 29.2 Å². The predicted octanol–water partition coefficient (Wildman–Crippen LogP) is 3.57. The summed E-state index contributed by atoms with van der Waals surface area (Å²) in [5, 5.41) is 11.0. The summed E-state index contributed by atoms with van der Waals surface area (Å²) in [5.74, 6) is 0.852. The third kappa shape index (κ3) is 4.01. The van der Waals surface area contributed by atoms with Crippen LogP contribution in [0.5, 0.6) is 0 Å². The van der Waals surface area contributed by atoms with Crippen LogP contribution < -0.4 is 0 Å². The van der Waals surface area contributed by atoms with E-state index in [1.54, 1.807) is 41.2 Å². The summed E-state index contributed by atoms with van der Waals surface area (Å²) in [6.45, 7) is 2.69.